The fraction of sp³-hybridized carbons (Fsp3) is 0.276. The molecule has 0 atom stereocenters. The summed E-state index contributed by atoms with van der Waals surface area (Å²) in [5, 5.41) is 5.69. The molecular weight excluding hydrogens is 537 g/mol. The predicted octanol–water partition coefficient (Wildman–Crippen LogP) is 5.54. The molecule has 1 saturated carbocycles. The third-order valence-electron chi connectivity index (χ3n) is 6.77. The Hall–Kier alpha value is -4.74. The van der Waals surface area contributed by atoms with Crippen LogP contribution in [0.4, 0.5) is 29.3 Å². The summed E-state index contributed by atoms with van der Waals surface area (Å²) in [7, 11) is 0. The van der Waals surface area contributed by atoms with E-state index in [0.717, 1.165) is 18.9 Å². The van der Waals surface area contributed by atoms with E-state index < -0.39 is 24.1 Å². The SMILES string of the molecule is NC(N=[NH2+])=NC(=O)c1ccc(CN(C(=O)Nc2ccccc2OC(F)(F)F)c2ccc(C3CCCCC3)cc2)cc1. The molecule has 0 unspecified atom stereocenters. The molecule has 0 aliphatic heterocycles. The van der Waals surface area contributed by atoms with Crippen molar-refractivity contribution in [2.45, 2.75) is 50.9 Å². The first-order chi connectivity index (χ1) is 19.6. The minimum Gasteiger partial charge on any atom is -0.404 e. The van der Waals surface area contributed by atoms with Gasteiger partial charge in [0.25, 0.3) is 11.9 Å². The number of ether oxygens (including phenoxy) is 1. The van der Waals surface area contributed by atoms with Crippen LogP contribution in [0, 0.1) is 0 Å². The first kappa shape index (κ1) is 29.2. The zero-order valence-electron chi connectivity index (χ0n) is 22.1. The smallest absolute Gasteiger partial charge is 0.404 e. The van der Waals surface area contributed by atoms with E-state index >= 15 is 0 Å². The first-order valence-electron chi connectivity index (χ1n) is 13.0. The molecule has 0 spiro atoms. The van der Waals surface area contributed by atoms with Crippen molar-refractivity contribution in [1.29, 1.82) is 0 Å². The number of urea groups is 1. The molecule has 12 heteroatoms. The number of hydrogen-bond donors (Lipinski definition) is 3. The van der Waals surface area contributed by atoms with Gasteiger partial charge in [0.05, 0.1) is 12.2 Å². The van der Waals surface area contributed by atoms with Gasteiger partial charge in [-0.25, -0.2) is 4.79 Å². The minimum absolute atomic E-state index is 0.0505. The summed E-state index contributed by atoms with van der Waals surface area (Å²) in [6.07, 6.45) is 0.880. The van der Waals surface area contributed by atoms with Gasteiger partial charge in [-0.3, -0.25) is 9.69 Å². The Morgan fingerprint density at radius 3 is 2.27 bits per heavy atom. The molecule has 4 rings (SSSR count). The summed E-state index contributed by atoms with van der Waals surface area (Å²) in [4.78, 5) is 30.7. The maximum Gasteiger partial charge on any atom is 0.573 e. The molecule has 1 aliphatic rings. The molecule has 9 nitrogen and oxygen atoms in total. The van der Waals surface area contributed by atoms with Crippen LogP contribution >= 0.6 is 0 Å². The molecule has 1 fully saturated rings. The number of carbonyl (C=O) groups excluding carboxylic acids is 2. The van der Waals surface area contributed by atoms with Crippen molar-refractivity contribution < 1.29 is 33.0 Å². The van der Waals surface area contributed by atoms with E-state index in [9.17, 15) is 22.8 Å². The number of hydrogen-bond acceptors (Lipinski definition) is 3. The van der Waals surface area contributed by atoms with Crippen LogP contribution in [0.15, 0.2) is 82.9 Å². The van der Waals surface area contributed by atoms with Crippen molar-refractivity contribution in [3.63, 3.8) is 0 Å². The van der Waals surface area contributed by atoms with Crippen molar-refractivity contribution in [3.05, 3.63) is 89.5 Å². The molecule has 214 valence electrons. The highest BCUT2D eigenvalue weighted by Crippen LogP contribution is 2.34. The van der Waals surface area contributed by atoms with Gasteiger partial charge < -0.3 is 15.8 Å². The number of halogens is 3. The molecule has 3 aromatic carbocycles. The van der Waals surface area contributed by atoms with Gasteiger partial charge in [0, 0.05) is 16.4 Å². The summed E-state index contributed by atoms with van der Waals surface area (Å²) in [5.74, 6) is -1.08. The van der Waals surface area contributed by atoms with Gasteiger partial charge in [0.15, 0.2) is 5.75 Å². The highest BCUT2D eigenvalue weighted by molar-refractivity contribution is 6.03. The number of anilines is 2. The molecular formula is C29H30F3N6O3+. The van der Waals surface area contributed by atoms with Crippen LogP contribution in [0.3, 0.4) is 0 Å². The van der Waals surface area contributed by atoms with Gasteiger partial charge in [0.1, 0.15) is 0 Å². The zero-order chi connectivity index (χ0) is 29.4. The van der Waals surface area contributed by atoms with Crippen LogP contribution in [0.1, 0.15) is 59.5 Å². The molecule has 3 aromatic rings. The summed E-state index contributed by atoms with van der Waals surface area (Å²) >= 11 is 0. The Balaban J connectivity index is 1.60. The normalized spacial score (nSPS) is 14.3. The van der Waals surface area contributed by atoms with E-state index in [-0.39, 0.29) is 23.8 Å². The summed E-state index contributed by atoms with van der Waals surface area (Å²) in [6, 6.07) is 18.6. The van der Waals surface area contributed by atoms with Crippen molar-refractivity contribution in [1.82, 2.24) is 0 Å². The van der Waals surface area contributed by atoms with Gasteiger partial charge in [0.2, 0.25) is 0 Å². The van der Waals surface area contributed by atoms with Crippen LogP contribution in [0.5, 0.6) is 5.75 Å². The molecule has 0 bridgehead atoms. The maximum absolute atomic E-state index is 13.5. The fourth-order valence-corrected chi connectivity index (χ4v) is 4.74. The number of nitrogens with one attached hydrogen (secondary N) is 1. The number of carbonyl (C=O) groups is 2. The van der Waals surface area contributed by atoms with E-state index in [2.05, 4.69) is 20.2 Å². The second-order valence-electron chi connectivity index (χ2n) is 9.59. The molecule has 0 heterocycles. The first-order valence-corrected chi connectivity index (χ1v) is 13.0. The van der Waals surface area contributed by atoms with E-state index in [4.69, 9.17) is 11.3 Å². The number of nitrogens with zero attached hydrogens (tertiary/aromatic N) is 3. The lowest BCUT2D eigenvalue weighted by atomic mass is 9.84. The van der Waals surface area contributed by atoms with Crippen molar-refractivity contribution in [3.8, 4) is 5.75 Å². The summed E-state index contributed by atoms with van der Waals surface area (Å²) in [6.45, 7) is 0.0505. The third kappa shape index (κ3) is 8.13. The van der Waals surface area contributed by atoms with E-state index in [1.807, 2.05) is 24.3 Å². The van der Waals surface area contributed by atoms with Gasteiger partial charge in [-0.15, -0.1) is 18.7 Å². The Labute approximate surface area is 234 Å². The quantitative estimate of drug-likeness (QED) is 0.196. The topological polar surface area (TPSA) is 135 Å². The Kier molecular flexibility index (Phi) is 9.33. The lowest BCUT2D eigenvalue weighted by molar-refractivity contribution is -0.274. The number of aliphatic imine (C=N–C) groups is 1. The van der Waals surface area contributed by atoms with Crippen LogP contribution < -0.4 is 26.2 Å². The molecule has 0 radical (unpaired) electrons. The molecule has 0 aromatic heterocycles. The highest BCUT2D eigenvalue weighted by Gasteiger charge is 2.32. The molecule has 3 amide bonds. The number of rotatable bonds is 7. The standard InChI is InChI=1S/C29H29F3N6O3/c30-29(31,32)41-25-9-5-4-8-24(25)35-28(40)38(23-16-14-21(15-17-23)20-6-2-1-3-7-20)18-19-10-12-22(13-11-19)26(39)36-27(33)37-34/h4-5,8-17,20,34H,1-3,6-7,18H2,(H,35,40)(H2,33,36,39)/p+1. The number of benzene rings is 3. The molecule has 5 N–H and O–H groups in total. The maximum atomic E-state index is 13.5. The van der Waals surface area contributed by atoms with Gasteiger partial charge in [-0.05, 0) is 66.3 Å². The van der Waals surface area contributed by atoms with Crippen molar-refractivity contribution in [2.24, 2.45) is 15.8 Å². The average Bonchev–Trinajstić information content (AvgIpc) is 2.97. The fourth-order valence-electron chi connectivity index (χ4n) is 4.74. The Morgan fingerprint density at radius 1 is 0.976 bits per heavy atom. The second-order valence-corrected chi connectivity index (χ2v) is 9.59. The summed E-state index contributed by atoms with van der Waals surface area (Å²) in [5.41, 5.74) is 12.9. The summed E-state index contributed by atoms with van der Waals surface area (Å²) < 4.78 is 42.9. The van der Waals surface area contributed by atoms with Crippen LogP contribution in [-0.2, 0) is 6.54 Å². The second kappa shape index (κ2) is 13.1. The number of nitrogens with two attached hydrogens (primary N) is 2. The molecule has 1 aliphatic carbocycles. The van der Waals surface area contributed by atoms with Gasteiger partial charge in [-0.2, -0.15) is 4.99 Å². The minimum atomic E-state index is -4.93. The van der Waals surface area contributed by atoms with Gasteiger partial charge in [-0.1, -0.05) is 55.7 Å². The van der Waals surface area contributed by atoms with Crippen LogP contribution in [-0.4, -0.2) is 24.3 Å². The van der Waals surface area contributed by atoms with E-state index in [0.29, 0.717) is 17.2 Å². The third-order valence-corrected chi connectivity index (χ3v) is 6.77. The lowest BCUT2D eigenvalue weighted by Gasteiger charge is -2.26. The Bertz CT molecular complexity index is 1400. The average molecular weight is 568 g/mol. The monoisotopic (exact) mass is 567 g/mol. The lowest BCUT2D eigenvalue weighted by Crippen LogP contribution is -2.35. The van der Waals surface area contributed by atoms with E-state index in [1.165, 1.54) is 60.1 Å². The largest absolute Gasteiger partial charge is 0.573 e. The number of alkyl halides is 3. The highest BCUT2D eigenvalue weighted by atomic mass is 19.4. The number of amides is 3. The van der Waals surface area contributed by atoms with Crippen molar-refractivity contribution >= 4 is 29.3 Å². The molecule has 41 heavy (non-hydrogen) atoms. The Morgan fingerprint density at radius 2 is 1.63 bits per heavy atom. The molecule has 0 saturated heterocycles. The predicted molar refractivity (Wildman–Crippen MR) is 147 cm³/mol. The van der Waals surface area contributed by atoms with Gasteiger partial charge >= 0.3 is 12.4 Å². The van der Waals surface area contributed by atoms with E-state index in [1.54, 1.807) is 12.1 Å². The number of para-hydroxylation sites is 2. The van der Waals surface area contributed by atoms with Crippen LogP contribution in [0.25, 0.3) is 0 Å². The zero-order valence-corrected chi connectivity index (χ0v) is 22.1. The van der Waals surface area contributed by atoms with Crippen molar-refractivity contribution in [2.75, 3.05) is 10.2 Å². The number of guanidine groups is 1. The van der Waals surface area contributed by atoms with Crippen LogP contribution in [0.2, 0.25) is 0 Å².